The molecule has 0 aromatic carbocycles. The third-order valence-corrected chi connectivity index (χ3v) is 2.70. The summed E-state index contributed by atoms with van der Waals surface area (Å²) in [5, 5.41) is 4.07. The normalized spacial score (nSPS) is 11.5. The molecular formula is C13H12F3N3O2. The van der Waals surface area contributed by atoms with E-state index in [-0.39, 0.29) is 12.2 Å². The second kappa shape index (κ2) is 5.55. The molecule has 2 aromatic rings. The number of hydrogen-bond acceptors (Lipinski definition) is 4. The Balaban J connectivity index is 2.31. The maximum atomic E-state index is 12.4. The molecule has 0 spiro atoms. The summed E-state index contributed by atoms with van der Waals surface area (Å²) in [4.78, 5) is 15.0. The Morgan fingerprint density at radius 1 is 1.38 bits per heavy atom. The number of carbonyl (C=O) groups excluding carboxylic acids is 1. The predicted octanol–water partition coefficient (Wildman–Crippen LogP) is 2.77. The molecule has 2 aromatic heterocycles. The molecule has 0 saturated carbocycles. The third-order valence-electron chi connectivity index (χ3n) is 2.70. The Morgan fingerprint density at radius 3 is 2.62 bits per heavy atom. The Labute approximate surface area is 118 Å². The quantitative estimate of drug-likeness (QED) is 0.818. The van der Waals surface area contributed by atoms with Crippen LogP contribution in [0.15, 0.2) is 24.5 Å². The molecule has 0 radical (unpaired) electrons. The van der Waals surface area contributed by atoms with Gasteiger partial charge in [0.05, 0.1) is 24.2 Å². The van der Waals surface area contributed by atoms with Crippen LogP contribution in [0.1, 0.15) is 28.7 Å². The highest BCUT2D eigenvalue weighted by atomic mass is 19.4. The van der Waals surface area contributed by atoms with E-state index in [1.54, 1.807) is 13.8 Å². The maximum absolute atomic E-state index is 12.4. The van der Waals surface area contributed by atoms with Crippen LogP contribution in [-0.2, 0) is 10.9 Å². The Hall–Kier alpha value is -2.38. The minimum Gasteiger partial charge on any atom is -0.462 e. The maximum Gasteiger partial charge on any atom is 0.433 e. The number of rotatable bonds is 3. The van der Waals surface area contributed by atoms with Gasteiger partial charge >= 0.3 is 12.1 Å². The smallest absolute Gasteiger partial charge is 0.433 e. The number of alkyl halides is 3. The van der Waals surface area contributed by atoms with Gasteiger partial charge in [0.1, 0.15) is 11.3 Å². The van der Waals surface area contributed by atoms with Crippen LogP contribution in [0.25, 0.3) is 5.69 Å². The van der Waals surface area contributed by atoms with E-state index >= 15 is 0 Å². The van der Waals surface area contributed by atoms with Crippen LogP contribution >= 0.6 is 0 Å². The van der Waals surface area contributed by atoms with Crippen molar-refractivity contribution in [2.75, 3.05) is 6.61 Å². The summed E-state index contributed by atoms with van der Waals surface area (Å²) in [6, 6.07) is 2.09. The number of pyridine rings is 1. The van der Waals surface area contributed by atoms with Gasteiger partial charge in [0.25, 0.3) is 0 Å². The van der Waals surface area contributed by atoms with E-state index in [0.29, 0.717) is 11.4 Å². The van der Waals surface area contributed by atoms with Crippen LogP contribution in [0.2, 0.25) is 0 Å². The summed E-state index contributed by atoms with van der Waals surface area (Å²) in [5.74, 6) is -0.527. The molecule has 0 saturated heterocycles. The van der Waals surface area contributed by atoms with Gasteiger partial charge in [0, 0.05) is 6.20 Å². The zero-order chi connectivity index (χ0) is 15.6. The molecule has 0 fully saturated rings. The first-order chi connectivity index (χ1) is 9.82. The van der Waals surface area contributed by atoms with Crippen molar-refractivity contribution in [3.63, 3.8) is 0 Å². The van der Waals surface area contributed by atoms with E-state index in [1.165, 1.54) is 16.9 Å². The summed E-state index contributed by atoms with van der Waals surface area (Å²) in [6.07, 6.45) is -2.05. The monoisotopic (exact) mass is 299 g/mol. The molecule has 0 atom stereocenters. The summed E-state index contributed by atoms with van der Waals surface area (Å²) in [5.41, 5.74) is 0.0208. The Bertz CT molecular complexity index is 648. The lowest BCUT2D eigenvalue weighted by atomic mass is 10.3. The number of esters is 1. The average Bonchev–Trinajstić information content (AvgIpc) is 2.80. The fourth-order valence-electron chi connectivity index (χ4n) is 1.69. The SMILES string of the molecule is CCOC(=O)c1cn(-c2ccc(C(F)(F)F)nc2)nc1C. The van der Waals surface area contributed by atoms with Crippen LogP contribution < -0.4 is 0 Å². The lowest BCUT2D eigenvalue weighted by Gasteiger charge is -2.06. The van der Waals surface area contributed by atoms with Crippen molar-refractivity contribution >= 4 is 5.97 Å². The minimum absolute atomic E-state index is 0.227. The Kier molecular flexibility index (Phi) is 3.97. The van der Waals surface area contributed by atoms with Gasteiger partial charge < -0.3 is 4.74 Å². The van der Waals surface area contributed by atoms with Crippen LogP contribution in [0.5, 0.6) is 0 Å². The molecule has 0 aliphatic rings. The molecule has 0 unspecified atom stereocenters. The van der Waals surface area contributed by atoms with Crippen molar-refractivity contribution in [1.82, 2.24) is 14.8 Å². The number of aryl methyl sites for hydroxylation is 1. The van der Waals surface area contributed by atoms with Gasteiger partial charge in [0.2, 0.25) is 0 Å². The van der Waals surface area contributed by atoms with Crippen LogP contribution in [0, 0.1) is 6.92 Å². The lowest BCUT2D eigenvalue weighted by Crippen LogP contribution is -2.08. The van der Waals surface area contributed by atoms with Crippen molar-refractivity contribution in [3.05, 3.63) is 41.5 Å². The Morgan fingerprint density at radius 2 is 2.10 bits per heavy atom. The first kappa shape index (κ1) is 15.0. The number of carbonyl (C=O) groups is 1. The molecule has 2 rings (SSSR count). The second-order valence-corrected chi connectivity index (χ2v) is 4.19. The van der Waals surface area contributed by atoms with E-state index in [4.69, 9.17) is 4.74 Å². The minimum atomic E-state index is -4.49. The first-order valence-corrected chi connectivity index (χ1v) is 6.10. The molecule has 0 N–H and O–H groups in total. The molecule has 112 valence electrons. The van der Waals surface area contributed by atoms with E-state index < -0.39 is 17.8 Å². The molecule has 8 heteroatoms. The van der Waals surface area contributed by atoms with Gasteiger partial charge in [-0.1, -0.05) is 0 Å². The topological polar surface area (TPSA) is 57.0 Å². The van der Waals surface area contributed by atoms with Crippen LogP contribution in [0.3, 0.4) is 0 Å². The van der Waals surface area contributed by atoms with Gasteiger partial charge in [0.15, 0.2) is 0 Å². The van der Waals surface area contributed by atoms with E-state index in [2.05, 4.69) is 10.1 Å². The number of ether oxygens (including phenoxy) is 1. The molecular weight excluding hydrogens is 287 g/mol. The number of halogens is 3. The fourth-order valence-corrected chi connectivity index (χ4v) is 1.69. The average molecular weight is 299 g/mol. The zero-order valence-corrected chi connectivity index (χ0v) is 11.3. The zero-order valence-electron chi connectivity index (χ0n) is 11.3. The van der Waals surface area contributed by atoms with Crippen molar-refractivity contribution in [2.45, 2.75) is 20.0 Å². The molecule has 0 aliphatic carbocycles. The van der Waals surface area contributed by atoms with Gasteiger partial charge in [-0.05, 0) is 26.0 Å². The summed E-state index contributed by atoms with van der Waals surface area (Å²) in [7, 11) is 0. The summed E-state index contributed by atoms with van der Waals surface area (Å²) >= 11 is 0. The van der Waals surface area contributed by atoms with Gasteiger partial charge in [-0.2, -0.15) is 18.3 Å². The number of hydrogen-bond donors (Lipinski definition) is 0. The first-order valence-electron chi connectivity index (χ1n) is 6.10. The van der Waals surface area contributed by atoms with Crippen molar-refractivity contribution in [2.24, 2.45) is 0 Å². The van der Waals surface area contributed by atoms with Crippen molar-refractivity contribution < 1.29 is 22.7 Å². The molecule has 0 amide bonds. The molecule has 21 heavy (non-hydrogen) atoms. The number of nitrogens with zero attached hydrogens (tertiary/aromatic N) is 3. The fraction of sp³-hybridized carbons (Fsp3) is 0.308. The predicted molar refractivity (Wildman–Crippen MR) is 67.1 cm³/mol. The summed E-state index contributed by atoms with van der Waals surface area (Å²) < 4.78 is 43.5. The molecule has 0 bridgehead atoms. The second-order valence-electron chi connectivity index (χ2n) is 4.19. The van der Waals surface area contributed by atoms with Gasteiger partial charge in [-0.25, -0.2) is 14.5 Å². The van der Waals surface area contributed by atoms with Gasteiger partial charge in [-0.15, -0.1) is 0 Å². The summed E-state index contributed by atoms with van der Waals surface area (Å²) in [6.45, 7) is 3.52. The van der Waals surface area contributed by atoms with Crippen molar-refractivity contribution in [1.29, 1.82) is 0 Å². The highest BCUT2D eigenvalue weighted by Crippen LogP contribution is 2.27. The van der Waals surface area contributed by atoms with E-state index in [0.717, 1.165) is 12.3 Å². The van der Waals surface area contributed by atoms with Crippen LogP contribution in [-0.4, -0.2) is 27.3 Å². The molecule has 0 aliphatic heterocycles. The standard InChI is InChI=1S/C13H12F3N3O2/c1-3-21-12(20)10-7-19(18-8(10)2)9-4-5-11(17-6-9)13(14,15)16/h4-7H,3H2,1-2H3. The highest BCUT2D eigenvalue weighted by molar-refractivity contribution is 5.90. The molecule has 5 nitrogen and oxygen atoms in total. The number of aromatic nitrogens is 3. The van der Waals surface area contributed by atoms with Gasteiger partial charge in [-0.3, -0.25) is 0 Å². The van der Waals surface area contributed by atoms with Crippen LogP contribution in [0.4, 0.5) is 13.2 Å². The van der Waals surface area contributed by atoms with Crippen molar-refractivity contribution in [3.8, 4) is 5.69 Å². The largest absolute Gasteiger partial charge is 0.462 e. The van der Waals surface area contributed by atoms with E-state index in [1.807, 2.05) is 0 Å². The van der Waals surface area contributed by atoms with E-state index in [9.17, 15) is 18.0 Å². The lowest BCUT2D eigenvalue weighted by molar-refractivity contribution is -0.141. The molecule has 2 heterocycles. The third kappa shape index (κ3) is 3.21. The highest BCUT2D eigenvalue weighted by Gasteiger charge is 2.32.